The Morgan fingerprint density at radius 2 is 2.12 bits per heavy atom. The minimum Gasteiger partial charge on any atom is -0.379 e. The summed E-state index contributed by atoms with van der Waals surface area (Å²) < 4.78 is 11.3. The van der Waals surface area contributed by atoms with Crippen LogP contribution in [0.4, 0.5) is 4.79 Å². The highest BCUT2D eigenvalue weighted by Crippen LogP contribution is 2.22. The standard InChI is InChI=1S/C19H28N2O3/c1-19(9-10-23-14-19)21-18(22)20-12-15-5-4-6-16(11-15)13-24-17-7-2-3-8-17/h4-6,11,17H,2-3,7-10,12-14H2,1H3,(H2,20,21,22)/t19-/m1/s1. The fourth-order valence-electron chi connectivity index (χ4n) is 3.36. The predicted octanol–water partition coefficient (Wildman–Crippen LogP) is 3.12. The van der Waals surface area contributed by atoms with Crippen molar-refractivity contribution in [3.63, 3.8) is 0 Å². The summed E-state index contributed by atoms with van der Waals surface area (Å²) in [5.74, 6) is 0. The van der Waals surface area contributed by atoms with Gasteiger partial charge in [0.15, 0.2) is 0 Å². The van der Waals surface area contributed by atoms with Crippen molar-refractivity contribution in [1.29, 1.82) is 0 Å². The zero-order chi connectivity index (χ0) is 16.8. The summed E-state index contributed by atoms with van der Waals surface area (Å²) in [4.78, 5) is 12.1. The second-order valence-corrected chi connectivity index (χ2v) is 7.21. The van der Waals surface area contributed by atoms with Gasteiger partial charge < -0.3 is 20.1 Å². The number of amides is 2. The van der Waals surface area contributed by atoms with Crippen molar-refractivity contribution >= 4 is 6.03 Å². The maximum atomic E-state index is 12.1. The van der Waals surface area contributed by atoms with Gasteiger partial charge in [0.1, 0.15) is 0 Å². The molecule has 1 aromatic carbocycles. The van der Waals surface area contributed by atoms with Gasteiger partial charge in [-0.2, -0.15) is 0 Å². The van der Waals surface area contributed by atoms with Crippen LogP contribution in [0.1, 0.15) is 50.2 Å². The van der Waals surface area contributed by atoms with Gasteiger partial charge in [0, 0.05) is 13.2 Å². The van der Waals surface area contributed by atoms with E-state index in [4.69, 9.17) is 9.47 Å². The molecule has 1 aromatic rings. The smallest absolute Gasteiger partial charge is 0.315 e. The molecule has 2 fully saturated rings. The molecule has 0 aromatic heterocycles. The minimum absolute atomic E-state index is 0.143. The van der Waals surface area contributed by atoms with Gasteiger partial charge in [-0.15, -0.1) is 0 Å². The molecule has 2 aliphatic rings. The molecule has 1 atom stereocenters. The highest BCUT2D eigenvalue weighted by molar-refractivity contribution is 5.74. The summed E-state index contributed by atoms with van der Waals surface area (Å²) in [6.45, 7) is 4.47. The van der Waals surface area contributed by atoms with E-state index in [9.17, 15) is 4.79 Å². The van der Waals surface area contributed by atoms with E-state index < -0.39 is 0 Å². The third-order valence-electron chi connectivity index (χ3n) is 4.87. The highest BCUT2D eigenvalue weighted by Gasteiger charge is 2.31. The van der Waals surface area contributed by atoms with Gasteiger partial charge in [0.05, 0.1) is 24.9 Å². The number of urea groups is 1. The largest absolute Gasteiger partial charge is 0.379 e. The number of ether oxygens (including phenoxy) is 2. The Morgan fingerprint density at radius 1 is 1.33 bits per heavy atom. The third-order valence-corrected chi connectivity index (χ3v) is 4.87. The Balaban J connectivity index is 1.44. The Kier molecular flexibility index (Phi) is 5.74. The van der Waals surface area contributed by atoms with Crippen molar-refractivity contribution in [1.82, 2.24) is 10.6 Å². The van der Waals surface area contributed by atoms with Crippen molar-refractivity contribution in [3.8, 4) is 0 Å². The fourth-order valence-corrected chi connectivity index (χ4v) is 3.36. The predicted molar refractivity (Wildman–Crippen MR) is 92.7 cm³/mol. The van der Waals surface area contributed by atoms with Crippen molar-refractivity contribution in [2.24, 2.45) is 0 Å². The minimum atomic E-state index is -0.249. The second kappa shape index (κ2) is 7.99. The van der Waals surface area contributed by atoms with Gasteiger partial charge >= 0.3 is 6.03 Å². The second-order valence-electron chi connectivity index (χ2n) is 7.21. The summed E-state index contributed by atoms with van der Waals surface area (Å²) in [7, 11) is 0. The summed E-state index contributed by atoms with van der Waals surface area (Å²) in [5, 5.41) is 5.93. The molecule has 0 bridgehead atoms. The molecule has 0 radical (unpaired) electrons. The van der Waals surface area contributed by atoms with Crippen molar-refractivity contribution in [2.75, 3.05) is 13.2 Å². The Labute approximate surface area is 144 Å². The molecule has 1 saturated carbocycles. The first-order valence-corrected chi connectivity index (χ1v) is 8.96. The molecule has 2 amide bonds. The van der Waals surface area contributed by atoms with E-state index in [1.807, 2.05) is 19.1 Å². The first-order chi connectivity index (χ1) is 11.6. The maximum Gasteiger partial charge on any atom is 0.315 e. The molecule has 0 spiro atoms. The van der Waals surface area contributed by atoms with Crippen LogP contribution in [0.15, 0.2) is 24.3 Å². The van der Waals surface area contributed by atoms with Gasteiger partial charge in [0.25, 0.3) is 0 Å². The van der Waals surface area contributed by atoms with Crippen LogP contribution in [0.25, 0.3) is 0 Å². The lowest BCUT2D eigenvalue weighted by atomic mass is 10.0. The van der Waals surface area contributed by atoms with Crippen LogP contribution in [0, 0.1) is 0 Å². The van der Waals surface area contributed by atoms with Gasteiger partial charge in [-0.05, 0) is 37.3 Å². The number of nitrogens with one attached hydrogen (secondary N) is 2. The lowest BCUT2D eigenvalue weighted by molar-refractivity contribution is 0.0456. The monoisotopic (exact) mass is 332 g/mol. The molecule has 3 rings (SSSR count). The number of carbonyl (C=O) groups is 1. The van der Waals surface area contributed by atoms with Gasteiger partial charge in [-0.1, -0.05) is 37.1 Å². The van der Waals surface area contributed by atoms with Gasteiger partial charge in [-0.3, -0.25) is 0 Å². The van der Waals surface area contributed by atoms with E-state index in [0.29, 0.717) is 32.5 Å². The normalized spacial score (nSPS) is 24.2. The van der Waals surface area contributed by atoms with Crippen LogP contribution in [0.2, 0.25) is 0 Å². The number of benzene rings is 1. The molecule has 24 heavy (non-hydrogen) atoms. The van der Waals surface area contributed by atoms with Crippen LogP contribution in [-0.4, -0.2) is 30.9 Å². The highest BCUT2D eigenvalue weighted by atomic mass is 16.5. The zero-order valence-electron chi connectivity index (χ0n) is 14.5. The molecule has 2 N–H and O–H groups in total. The summed E-state index contributed by atoms with van der Waals surface area (Å²) >= 11 is 0. The van der Waals surface area contributed by atoms with E-state index in [1.54, 1.807) is 0 Å². The number of rotatable bonds is 6. The molecular weight excluding hydrogens is 304 g/mol. The quantitative estimate of drug-likeness (QED) is 0.841. The van der Waals surface area contributed by atoms with E-state index in [1.165, 1.54) is 25.7 Å². The van der Waals surface area contributed by atoms with Crippen molar-refractivity contribution < 1.29 is 14.3 Å². The van der Waals surface area contributed by atoms with E-state index in [0.717, 1.165) is 17.5 Å². The van der Waals surface area contributed by atoms with Crippen LogP contribution < -0.4 is 10.6 Å². The average molecular weight is 332 g/mol. The summed E-state index contributed by atoms with van der Waals surface area (Å²) in [5.41, 5.74) is 2.00. The Hall–Kier alpha value is -1.59. The molecule has 1 saturated heterocycles. The number of hydrogen-bond donors (Lipinski definition) is 2. The molecule has 1 heterocycles. The molecule has 5 nitrogen and oxygen atoms in total. The van der Waals surface area contributed by atoms with Crippen LogP contribution in [0.5, 0.6) is 0 Å². The first kappa shape index (κ1) is 17.2. The number of hydrogen-bond acceptors (Lipinski definition) is 3. The van der Waals surface area contributed by atoms with E-state index in [2.05, 4.69) is 22.8 Å². The summed E-state index contributed by atoms with van der Waals surface area (Å²) in [6, 6.07) is 8.09. The average Bonchev–Trinajstić information content (AvgIpc) is 3.23. The Bertz CT molecular complexity index is 549. The Morgan fingerprint density at radius 3 is 2.88 bits per heavy atom. The lowest BCUT2D eigenvalue weighted by Gasteiger charge is -2.23. The molecule has 132 valence electrons. The topological polar surface area (TPSA) is 59.6 Å². The molecule has 0 unspecified atom stereocenters. The molecule has 1 aliphatic carbocycles. The molecule has 5 heteroatoms. The zero-order valence-corrected chi connectivity index (χ0v) is 14.5. The van der Waals surface area contributed by atoms with Crippen LogP contribution >= 0.6 is 0 Å². The van der Waals surface area contributed by atoms with Gasteiger partial charge in [0.2, 0.25) is 0 Å². The maximum absolute atomic E-state index is 12.1. The first-order valence-electron chi connectivity index (χ1n) is 8.96. The molecule has 1 aliphatic heterocycles. The van der Waals surface area contributed by atoms with E-state index >= 15 is 0 Å². The van der Waals surface area contributed by atoms with Gasteiger partial charge in [-0.25, -0.2) is 4.79 Å². The van der Waals surface area contributed by atoms with Crippen LogP contribution in [-0.2, 0) is 22.6 Å². The summed E-state index contributed by atoms with van der Waals surface area (Å²) in [6.07, 6.45) is 6.22. The van der Waals surface area contributed by atoms with Crippen molar-refractivity contribution in [3.05, 3.63) is 35.4 Å². The lowest BCUT2D eigenvalue weighted by Crippen LogP contribution is -2.50. The van der Waals surface area contributed by atoms with E-state index in [-0.39, 0.29) is 11.6 Å². The molecular formula is C19H28N2O3. The fraction of sp³-hybridized carbons (Fsp3) is 0.632. The van der Waals surface area contributed by atoms with Crippen LogP contribution in [0.3, 0.4) is 0 Å². The third kappa shape index (κ3) is 4.95. The number of carbonyl (C=O) groups excluding carboxylic acids is 1. The van der Waals surface area contributed by atoms with Crippen molar-refractivity contribution in [2.45, 2.75) is 63.8 Å². The SMILES string of the molecule is C[C@@]1(NC(=O)NCc2cccc(COC3CCCC3)c2)CCOC1.